The fourth-order valence-corrected chi connectivity index (χ4v) is 2.50. The maximum atomic E-state index is 11.0. The monoisotopic (exact) mass is 289 g/mol. The van der Waals surface area contributed by atoms with E-state index in [2.05, 4.69) is 35.6 Å². The van der Waals surface area contributed by atoms with Crippen LogP contribution in [0.3, 0.4) is 0 Å². The number of carboxylic acid groups (broad SMARTS) is 1. The van der Waals surface area contributed by atoms with Crippen LogP contribution >= 0.6 is 12.4 Å². The maximum absolute atomic E-state index is 11.0. The van der Waals surface area contributed by atoms with Crippen LogP contribution < -0.4 is 5.32 Å². The number of carbonyl (C=O) groups is 1. The van der Waals surface area contributed by atoms with Gasteiger partial charge in [0.25, 0.3) is 0 Å². The largest absolute Gasteiger partial charge is 0.480 e. The minimum absolute atomic E-state index is 0. The van der Waals surface area contributed by atoms with Crippen molar-refractivity contribution in [2.24, 2.45) is 0 Å². The zero-order valence-electron chi connectivity index (χ0n) is 10.9. The molecular weight excluding hydrogens is 274 g/mol. The Morgan fingerprint density at radius 1 is 1.05 bits per heavy atom. The van der Waals surface area contributed by atoms with E-state index in [9.17, 15) is 4.79 Å². The van der Waals surface area contributed by atoms with Crippen LogP contribution in [0.4, 0.5) is 0 Å². The minimum Gasteiger partial charge on any atom is -0.480 e. The average Bonchev–Trinajstić information content (AvgIpc) is 2.47. The fourth-order valence-electron chi connectivity index (χ4n) is 2.50. The quantitative estimate of drug-likeness (QED) is 0.894. The Morgan fingerprint density at radius 2 is 1.80 bits per heavy atom. The predicted molar refractivity (Wildman–Crippen MR) is 81.1 cm³/mol. The molecule has 1 aliphatic heterocycles. The van der Waals surface area contributed by atoms with E-state index in [1.54, 1.807) is 0 Å². The molecule has 2 N–H and O–H groups in total. The summed E-state index contributed by atoms with van der Waals surface area (Å²) in [6.45, 7) is 0.618. The lowest BCUT2D eigenvalue weighted by molar-refractivity contribution is -0.139. The average molecular weight is 290 g/mol. The van der Waals surface area contributed by atoms with Crippen LogP contribution in [-0.2, 0) is 17.8 Å². The van der Waals surface area contributed by atoms with Crippen LogP contribution in [-0.4, -0.2) is 17.1 Å². The second-order valence-electron chi connectivity index (χ2n) is 4.83. The molecule has 0 spiro atoms. The van der Waals surface area contributed by atoms with E-state index in [0.29, 0.717) is 13.0 Å². The van der Waals surface area contributed by atoms with Crippen molar-refractivity contribution in [3.05, 3.63) is 59.7 Å². The summed E-state index contributed by atoms with van der Waals surface area (Å²) in [5, 5.41) is 12.1. The molecule has 104 valence electrons. The summed E-state index contributed by atoms with van der Waals surface area (Å²) in [5.74, 6) is -0.780. The summed E-state index contributed by atoms with van der Waals surface area (Å²) in [5.41, 5.74) is 4.69. The molecule has 2 aromatic carbocycles. The molecule has 4 heteroatoms. The number of fused-ring (bicyclic) bond motifs is 1. The van der Waals surface area contributed by atoms with Gasteiger partial charge in [0, 0.05) is 6.54 Å². The van der Waals surface area contributed by atoms with Crippen molar-refractivity contribution in [2.45, 2.75) is 19.0 Å². The second-order valence-corrected chi connectivity index (χ2v) is 4.83. The third kappa shape index (κ3) is 2.84. The second kappa shape index (κ2) is 6.07. The number of halogens is 1. The summed E-state index contributed by atoms with van der Waals surface area (Å²) in [6, 6.07) is 16.0. The zero-order chi connectivity index (χ0) is 13.2. The van der Waals surface area contributed by atoms with Crippen LogP contribution in [0.1, 0.15) is 11.1 Å². The molecule has 0 amide bonds. The molecule has 0 saturated heterocycles. The number of benzene rings is 2. The Morgan fingerprint density at radius 3 is 2.50 bits per heavy atom. The van der Waals surface area contributed by atoms with Gasteiger partial charge in [-0.2, -0.15) is 0 Å². The molecule has 0 bridgehead atoms. The first-order chi connectivity index (χ1) is 9.24. The van der Waals surface area contributed by atoms with Gasteiger partial charge in [0.2, 0.25) is 0 Å². The van der Waals surface area contributed by atoms with E-state index in [1.165, 1.54) is 16.7 Å². The van der Waals surface area contributed by atoms with E-state index in [-0.39, 0.29) is 12.4 Å². The van der Waals surface area contributed by atoms with Crippen LogP contribution in [0.2, 0.25) is 0 Å². The molecule has 1 heterocycles. The van der Waals surface area contributed by atoms with Gasteiger partial charge in [-0.15, -0.1) is 12.4 Å². The van der Waals surface area contributed by atoms with E-state index in [0.717, 1.165) is 5.56 Å². The van der Waals surface area contributed by atoms with Crippen LogP contribution in [0.25, 0.3) is 11.1 Å². The number of nitrogens with one attached hydrogen (secondary N) is 1. The molecule has 3 rings (SSSR count). The molecule has 0 radical (unpaired) electrons. The Hall–Kier alpha value is -1.84. The van der Waals surface area contributed by atoms with Gasteiger partial charge in [0.05, 0.1) is 0 Å². The minimum atomic E-state index is -0.780. The lowest BCUT2D eigenvalue weighted by Gasteiger charge is -2.23. The van der Waals surface area contributed by atoms with Gasteiger partial charge in [0.15, 0.2) is 0 Å². The summed E-state index contributed by atoms with van der Waals surface area (Å²) < 4.78 is 0. The van der Waals surface area contributed by atoms with Gasteiger partial charge >= 0.3 is 5.97 Å². The molecule has 0 fully saturated rings. The van der Waals surface area contributed by atoms with Crippen molar-refractivity contribution in [3.63, 3.8) is 0 Å². The van der Waals surface area contributed by atoms with Crippen molar-refractivity contribution in [1.82, 2.24) is 5.32 Å². The van der Waals surface area contributed by atoms with Crippen molar-refractivity contribution in [2.75, 3.05) is 0 Å². The molecule has 3 nitrogen and oxygen atoms in total. The van der Waals surface area contributed by atoms with Crippen molar-refractivity contribution in [1.29, 1.82) is 0 Å². The highest BCUT2D eigenvalue weighted by atomic mass is 35.5. The fraction of sp³-hybridized carbons (Fsp3) is 0.188. The Balaban J connectivity index is 0.00000147. The van der Waals surface area contributed by atoms with Crippen LogP contribution in [0.15, 0.2) is 48.5 Å². The van der Waals surface area contributed by atoms with Crippen LogP contribution in [0.5, 0.6) is 0 Å². The summed E-state index contributed by atoms with van der Waals surface area (Å²) >= 11 is 0. The Kier molecular flexibility index (Phi) is 4.42. The normalized spacial score (nSPS) is 16.9. The molecule has 1 unspecified atom stereocenters. The van der Waals surface area contributed by atoms with E-state index < -0.39 is 12.0 Å². The first kappa shape index (κ1) is 14.6. The maximum Gasteiger partial charge on any atom is 0.321 e. The van der Waals surface area contributed by atoms with Gasteiger partial charge < -0.3 is 10.4 Å². The molecule has 0 saturated carbocycles. The van der Waals surface area contributed by atoms with Crippen molar-refractivity contribution >= 4 is 18.4 Å². The highest BCUT2D eigenvalue weighted by Gasteiger charge is 2.23. The highest BCUT2D eigenvalue weighted by Crippen LogP contribution is 2.25. The van der Waals surface area contributed by atoms with Gasteiger partial charge in [-0.3, -0.25) is 4.79 Å². The van der Waals surface area contributed by atoms with Crippen molar-refractivity contribution < 1.29 is 9.90 Å². The standard InChI is InChI=1S/C16H15NO2.ClH/c18-16(19)15-9-13-7-6-12(8-14(13)10-17-15)11-4-2-1-3-5-11;/h1-8,15,17H,9-10H2,(H,18,19);1H. The van der Waals surface area contributed by atoms with E-state index >= 15 is 0 Å². The molecule has 2 aromatic rings. The van der Waals surface area contributed by atoms with Gasteiger partial charge in [-0.1, -0.05) is 42.5 Å². The summed E-state index contributed by atoms with van der Waals surface area (Å²) in [7, 11) is 0. The summed E-state index contributed by atoms with van der Waals surface area (Å²) in [6.07, 6.45) is 0.555. The molecule has 0 aliphatic carbocycles. The highest BCUT2D eigenvalue weighted by molar-refractivity contribution is 5.85. The lowest BCUT2D eigenvalue weighted by atomic mass is 9.92. The zero-order valence-corrected chi connectivity index (χ0v) is 11.7. The molecule has 1 aliphatic rings. The SMILES string of the molecule is Cl.O=C(O)C1Cc2ccc(-c3ccccc3)cc2CN1. The number of hydrogen-bond acceptors (Lipinski definition) is 2. The molecule has 20 heavy (non-hydrogen) atoms. The van der Waals surface area contributed by atoms with Gasteiger partial charge in [-0.25, -0.2) is 0 Å². The Labute approximate surface area is 124 Å². The number of carboxylic acids is 1. The third-order valence-corrected chi connectivity index (χ3v) is 3.57. The van der Waals surface area contributed by atoms with Crippen LogP contribution in [0, 0.1) is 0 Å². The van der Waals surface area contributed by atoms with Crippen molar-refractivity contribution in [3.8, 4) is 11.1 Å². The van der Waals surface area contributed by atoms with E-state index in [4.69, 9.17) is 5.11 Å². The third-order valence-electron chi connectivity index (χ3n) is 3.57. The molecule has 0 aromatic heterocycles. The first-order valence-corrected chi connectivity index (χ1v) is 6.37. The molecule has 1 atom stereocenters. The number of hydrogen-bond donors (Lipinski definition) is 2. The van der Waals surface area contributed by atoms with E-state index in [1.807, 2.05) is 18.2 Å². The predicted octanol–water partition coefficient (Wildman–Crippen LogP) is 2.87. The Bertz CT molecular complexity index is 613. The first-order valence-electron chi connectivity index (χ1n) is 6.37. The van der Waals surface area contributed by atoms with Gasteiger partial charge in [0.1, 0.15) is 6.04 Å². The number of rotatable bonds is 2. The lowest BCUT2D eigenvalue weighted by Crippen LogP contribution is -2.41. The molecular formula is C16H16ClNO2. The summed E-state index contributed by atoms with van der Waals surface area (Å²) in [4.78, 5) is 11.0. The topological polar surface area (TPSA) is 49.3 Å². The van der Waals surface area contributed by atoms with Gasteiger partial charge in [-0.05, 0) is 34.7 Å². The number of aliphatic carboxylic acids is 1. The smallest absolute Gasteiger partial charge is 0.321 e.